The summed E-state index contributed by atoms with van der Waals surface area (Å²) in [5.74, 6) is 1.67. The molecule has 0 spiro atoms. The minimum atomic E-state index is -0.191. The third-order valence-corrected chi connectivity index (χ3v) is 3.71. The summed E-state index contributed by atoms with van der Waals surface area (Å²) in [6, 6.07) is 7.52. The van der Waals surface area contributed by atoms with Gasteiger partial charge in [-0.3, -0.25) is 0 Å². The van der Waals surface area contributed by atoms with Crippen LogP contribution in [0.2, 0.25) is 0 Å². The van der Waals surface area contributed by atoms with Gasteiger partial charge < -0.3 is 15.1 Å². The maximum absolute atomic E-state index is 11.9. The summed E-state index contributed by atoms with van der Waals surface area (Å²) in [4.78, 5) is 16.3. The molecule has 0 aliphatic carbocycles. The zero-order chi connectivity index (χ0) is 17.7. The van der Waals surface area contributed by atoms with Gasteiger partial charge in [0.2, 0.25) is 0 Å². The van der Waals surface area contributed by atoms with E-state index in [9.17, 15) is 4.79 Å². The van der Waals surface area contributed by atoms with Crippen LogP contribution in [0.4, 0.5) is 10.5 Å². The third-order valence-electron chi connectivity index (χ3n) is 3.71. The number of benzene rings is 1. The van der Waals surface area contributed by atoms with E-state index in [0.29, 0.717) is 6.54 Å². The van der Waals surface area contributed by atoms with Crippen LogP contribution in [0, 0.1) is 13.8 Å². The number of nitrogens with one attached hydrogen (secondary N) is 2. The highest BCUT2D eigenvalue weighted by molar-refractivity contribution is 5.89. The van der Waals surface area contributed by atoms with E-state index >= 15 is 0 Å². The Morgan fingerprint density at radius 3 is 2.42 bits per heavy atom. The molecular formula is C19H27N3O2. The van der Waals surface area contributed by atoms with Crippen LogP contribution in [0.3, 0.4) is 0 Å². The van der Waals surface area contributed by atoms with Gasteiger partial charge in [0, 0.05) is 24.1 Å². The Balaban J connectivity index is 1.75. The van der Waals surface area contributed by atoms with Crippen molar-refractivity contribution in [2.24, 2.45) is 0 Å². The number of anilines is 1. The number of amides is 2. The van der Waals surface area contributed by atoms with Crippen molar-refractivity contribution in [2.75, 3.05) is 11.9 Å². The summed E-state index contributed by atoms with van der Waals surface area (Å²) in [5.41, 5.74) is 2.80. The number of hydrogen-bond acceptors (Lipinski definition) is 3. The molecule has 2 N–H and O–H groups in total. The zero-order valence-electron chi connectivity index (χ0n) is 15.2. The molecule has 0 radical (unpaired) electrons. The first-order valence-electron chi connectivity index (χ1n) is 8.34. The van der Waals surface area contributed by atoms with Gasteiger partial charge in [0.05, 0.1) is 5.69 Å². The zero-order valence-corrected chi connectivity index (χ0v) is 15.2. The lowest BCUT2D eigenvalue weighted by atomic mass is 9.97. The first kappa shape index (κ1) is 18.0. The fraction of sp³-hybridized carbons (Fsp3) is 0.474. The highest BCUT2D eigenvalue weighted by atomic mass is 16.4. The van der Waals surface area contributed by atoms with Gasteiger partial charge in [0.15, 0.2) is 5.89 Å². The molecule has 1 aromatic heterocycles. The van der Waals surface area contributed by atoms with Crippen LogP contribution in [-0.2, 0) is 11.8 Å². The fourth-order valence-corrected chi connectivity index (χ4v) is 2.24. The van der Waals surface area contributed by atoms with Crippen LogP contribution in [-0.4, -0.2) is 17.6 Å². The second-order valence-corrected chi connectivity index (χ2v) is 7.13. The molecule has 0 saturated heterocycles. The van der Waals surface area contributed by atoms with Gasteiger partial charge >= 0.3 is 6.03 Å². The van der Waals surface area contributed by atoms with Crippen molar-refractivity contribution in [1.29, 1.82) is 0 Å². The molecule has 2 rings (SSSR count). The average molecular weight is 329 g/mol. The molecule has 0 atom stereocenters. The summed E-state index contributed by atoms with van der Waals surface area (Å²) < 4.78 is 5.85. The molecule has 2 aromatic rings. The SMILES string of the molecule is Cc1ccc(NC(=O)NCCCc2oc(C(C)(C)C)nc2C)cc1. The Kier molecular flexibility index (Phi) is 5.65. The minimum Gasteiger partial charge on any atom is -0.445 e. The summed E-state index contributed by atoms with van der Waals surface area (Å²) in [6.45, 7) is 10.8. The Bertz CT molecular complexity index is 682. The number of oxazole rings is 1. The number of aryl methyl sites for hydroxylation is 3. The molecule has 130 valence electrons. The smallest absolute Gasteiger partial charge is 0.319 e. The van der Waals surface area contributed by atoms with Gasteiger partial charge in [-0.05, 0) is 32.4 Å². The number of carbonyl (C=O) groups is 1. The number of urea groups is 1. The van der Waals surface area contributed by atoms with E-state index in [1.165, 1.54) is 0 Å². The monoisotopic (exact) mass is 329 g/mol. The molecule has 0 saturated carbocycles. The lowest BCUT2D eigenvalue weighted by Crippen LogP contribution is -2.29. The van der Waals surface area contributed by atoms with E-state index in [-0.39, 0.29) is 11.4 Å². The highest BCUT2D eigenvalue weighted by Crippen LogP contribution is 2.24. The molecule has 0 aliphatic rings. The van der Waals surface area contributed by atoms with Gasteiger partial charge in [-0.2, -0.15) is 0 Å². The maximum Gasteiger partial charge on any atom is 0.319 e. The summed E-state index contributed by atoms with van der Waals surface area (Å²) >= 11 is 0. The minimum absolute atomic E-state index is 0.0881. The summed E-state index contributed by atoms with van der Waals surface area (Å²) in [6.07, 6.45) is 1.57. The van der Waals surface area contributed by atoms with E-state index in [2.05, 4.69) is 36.4 Å². The van der Waals surface area contributed by atoms with E-state index in [0.717, 1.165) is 41.4 Å². The molecule has 1 heterocycles. The van der Waals surface area contributed by atoms with Crippen molar-refractivity contribution in [3.8, 4) is 0 Å². The van der Waals surface area contributed by atoms with Gasteiger partial charge in [-0.1, -0.05) is 38.5 Å². The van der Waals surface area contributed by atoms with E-state index in [1.807, 2.05) is 38.1 Å². The molecule has 0 fully saturated rings. The van der Waals surface area contributed by atoms with Crippen LogP contribution >= 0.6 is 0 Å². The topological polar surface area (TPSA) is 67.2 Å². The number of nitrogens with zero attached hydrogens (tertiary/aromatic N) is 1. The van der Waals surface area contributed by atoms with Crippen molar-refractivity contribution >= 4 is 11.7 Å². The normalized spacial score (nSPS) is 11.4. The lowest BCUT2D eigenvalue weighted by Gasteiger charge is -2.12. The molecule has 0 aliphatic heterocycles. The Morgan fingerprint density at radius 1 is 1.17 bits per heavy atom. The van der Waals surface area contributed by atoms with Crippen LogP contribution in [0.1, 0.15) is 50.1 Å². The molecule has 0 bridgehead atoms. The van der Waals surface area contributed by atoms with Crippen LogP contribution in [0.25, 0.3) is 0 Å². The molecule has 1 aromatic carbocycles. The van der Waals surface area contributed by atoms with Crippen molar-refractivity contribution < 1.29 is 9.21 Å². The molecule has 24 heavy (non-hydrogen) atoms. The third kappa shape index (κ3) is 5.11. The van der Waals surface area contributed by atoms with Crippen molar-refractivity contribution in [3.63, 3.8) is 0 Å². The van der Waals surface area contributed by atoms with E-state index in [1.54, 1.807) is 0 Å². The van der Waals surface area contributed by atoms with Crippen molar-refractivity contribution in [3.05, 3.63) is 47.2 Å². The molecular weight excluding hydrogens is 302 g/mol. The molecule has 5 nitrogen and oxygen atoms in total. The Morgan fingerprint density at radius 2 is 1.83 bits per heavy atom. The van der Waals surface area contributed by atoms with Crippen LogP contribution in [0.5, 0.6) is 0 Å². The largest absolute Gasteiger partial charge is 0.445 e. The van der Waals surface area contributed by atoms with Crippen molar-refractivity contribution in [2.45, 2.75) is 52.9 Å². The van der Waals surface area contributed by atoms with Gasteiger partial charge in [0.1, 0.15) is 5.76 Å². The first-order chi connectivity index (χ1) is 11.3. The maximum atomic E-state index is 11.9. The van der Waals surface area contributed by atoms with Crippen LogP contribution < -0.4 is 10.6 Å². The van der Waals surface area contributed by atoms with Gasteiger partial charge in [-0.25, -0.2) is 9.78 Å². The van der Waals surface area contributed by atoms with Gasteiger partial charge in [-0.15, -0.1) is 0 Å². The number of hydrogen-bond donors (Lipinski definition) is 2. The molecule has 5 heteroatoms. The van der Waals surface area contributed by atoms with Gasteiger partial charge in [0.25, 0.3) is 0 Å². The number of rotatable bonds is 5. The predicted octanol–water partition coefficient (Wildman–Crippen LogP) is 4.34. The van der Waals surface area contributed by atoms with Crippen LogP contribution in [0.15, 0.2) is 28.7 Å². The standard InChI is InChI=1S/C19H27N3O2/c1-13-8-10-15(11-9-13)22-18(23)20-12-6-7-16-14(2)21-17(24-16)19(3,4)5/h8-11H,6-7,12H2,1-5H3,(H2,20,22,23). The van der Waals surface area contributed by atoms with Crippen molar-refractivity contribution in [1.82, 2.24) is 10.3 Å². The Hall–Kier alpha value is -2.30. The first-order valence-corrected chi connectivity index (χ1v) is 8.34. The lowest BCUT2D eigenvalue weighted by molar-refractivity contribution is 0.252. The fourth-order valence-electron chi connectivity index (χ4n) is 2.24. The quantitative estimate of drug-likeness (QED) is 0.802. The van der Waals surface area contributed by atoms with E-state index in [4.69, 9.17) is 4.42 Å². The van der Waals surface area contributed by atoms with E-state index < -0.39 is 0 Å². The summed E-state index contributed by atoms with van der Waals surface area (Å²) in [5, 5.41) is 5.68. The highest BCUT2D eigenvalue weighted by Gasteiger charge is 2.21. The summed E-state index contributed by atoms with van der Waals surface area (Å²) in [7, 11) is 0. The number of aromatic nitrogens is 1. The average Bonchev–Trinajstić information content (AvgIpc) is 2.87. The predicted molar refractivity (Wildman–Crippen MR) is 96.5 cm³/mol. The molecule has 2 amide bonds. The number of carbonyl (C=O) groups excluding carboxylic acids is 1. The second kappa shape index (κ2) is 7.51. The molecule has 0 unspecified atom stereocenters. The Labute approximate surface area is 143 Å². The second-order valence-electron chi connectivity index (χ2n) is 7.13.